The summed E-state index contributed by atoms with van der Waals surface area (Å²) in [5, 5.41) is 0. The van der Waals surface area contributed by atoms with E-state index in [0.29, 0.717) is 29.6 Å². The third-order valence-electron chi connectivity index (χ3n) is 4.15. The fourth-order valence-electron chi connectivity index (χ4n) is 2.41. The minimum Gasteiger partial charge on any atom is -0.494 e. The second-order valence-electron chi connectivity index (χ2n) is 6.13. The minimum absolute atomic E-state index is 0.193. The zero-order valence-electron chi connectivity index (χ0n) is 16.0. The monoisotopic (exact) mass is 370 g/mol. The molecule has 0 aliphatic rings. The van der Waals surface area contributed by atoms with Crippen LogP contribution in [0.25, 0.3) is 0 Å². The van der Waals surface area contributed by atoms with Crippen molar-refractivity contribution in [3.8, 4) is 11.5 Å². The Balaban J connectivity index is 1.79. The summed E-state index contributed by atoms with van der Waals surface area (Å²) in [5.74, 6) is 0.811. The number of carbonyl (C=O) groups excluding carboxylic acids is 2. The Bertz CT molecular complexity index is 759. The second-order valence-corrected chi connectivity index (χ2v) is 6.13. The van der Waals surface area contributed by atoms with Crippen LogP contribution in [-0.2, 0) is 4.79 Å². The van der Waals surface area contributed by atoms with E-state index in [1.807, 2.05) is 31.2 Å². The first-order valence-corrected chi connectivity index (χ1v) is 9.08. The van der Waals surface area contributed by atoms with Crippen molar-refractivity contribution in [2.24, 2.45) is 0 Å². The van der Waals surface area contributed by atoms with Gasteiger partial charge in [0.05, 0.1) is 6.61 Å². The number of hydrogen-bond acceptors (Lipinski definition) is 4. The van der Waals surface area contributed by atoms with Crippen molar-refractivity contribution in [1.29, 1.82) is 0 Å². The smallest absolute Gasteiger partial charge is 0.276 e. The van der Waals surface area contributed by atoms with Gasteiger partial charge in [0, 0.05) is 5.56 Å². The molecule has 2 amide bonds. The summed E-state index contributed by atoms with van der Waals surface area (Å²) in [6, 6.07) is 14.4. The maximum absolute atomic E-state index is 12.1. The van der Waals surface area contributed by atoms with Gasteiger partial charge in [-0.25, -0.2) is 0 Å². The van der Waals surface area contributed by atoms with Gasteiger partial charge in [0.1, 0.15) is 11.5 Å². The van der Waals surface area contributed by atoms with Crippen molar-refractivity contribution >= 4 is 11.8 Å². The highest BCUT2D eigenvalue weighted by molar-refractivity contribution is 5.95. The molecule has 0 aromatic heterocycles. The van der Waals surface area contributed by atoms with Gasteiger partial charge >= 0.3 is 0 Å². The molecule has 1 atom stereocenters. The average molecular weight is 370 g/mol. The Hall–Kier alpha value is -3.02. The number of nitrogens with one attached hydrogen (secondary N) is 2. The zero-order chi connectivity index (χ0) is 19.6. The molecule has 0 heterocycles. The van der Waals surface area contributed by atoms with Crippen molar-refractivity contribution in [2.75, 3.05) is 13.2 Å². The van der Waals surface area contributed by atoms with Gasteiger partial charge in [0.15, 0.2) is 6.61 Å². The van der Waals surface area contributed by atoms with Gasteiger partial charge in [-0.15, -0.1) is 0 Å². The molecule has 0 radical (unpaired) electrons. The van der Waals surface area contributed by atoms with Crippen LogP contribution >= 0.6 is 0 Å². The molecule has 27 heavy (non-hydrogen) atoms. The predicted molar refractivity (Wildman–Crippen MR) is 104 cm³/mol. The number of hydrogen-bond donors (Lipinski definition) is 2. The number of amides is 2. The first kappa shape index (κ1) is 20.3. The average Bonchev–Trinajstić information content (AvgIpc) is 2.70. The molecule has 1 unspecified atom stereocenters. The SMILES string of the molecule is CCOc1cccc(C(=O)NNC(=O)COc2ccc(C(C)CC)cc2)c1. The Morgan fingerprint density at radius 1 is 0.963 bits per heavy atom. The molecule has 144 valence electrons. The molecule has 6 nitrogen and oxygen atoms in total. The molecule has 2 N–H and O–H groups in total. The third kappa shape index (κ3) is 6.33. The summed E-state index contributed by atoms with van der Waals surface area (Å²) < 4.78 is 10.8. The van der Waals surface area contributed by atoms with Crippen LogP contribution in [-0.4, -0.2) is 25.0 Å². The highest BCUT2D eigenvalue weighted by Crippen LogP contribution is 2.21. The molecule has 0 aliphatic carbocycles. The number of benzene rings is 2. The van der Waals surface area contributed by atoms with Gasteiger partial charge in [-0.1, -0.05) is 32.0 Å². The molecular weight excluding hydrogens is 344 g/mol. The molecule has 0 bridgehead atoms. The van der Waals surface area contributed by atoms with Crippen LogP contribution in [0.15, 0.2) is 48.5 Å². The summed E-state index contributed by atoms with van der Waals surface area (Å²) in [6.45, 7) is 6.49. The van der Waals surface area contributed by atoms with Crippen LogP contribution < -0.4 is 20.3 Å². The van der Waals surface area contributed by atoms with Crippen LogP contribution in [0.3, 0.4) is 0 Å². The Labute approximate surface area is 159 Å². The fourth-order valence-corrected chi connectivity index (χ4v) is 2.41. The topological polar surface area (TPSA) is 76.7 Å². The molecule has 0 saturated carbocycles. The highest BCUT2D eigenvalue weighted by Gasteiger charge is 2.09. The van der Waals surface area contributed by atoms with Crippen LogP contribution in [0.2, 0.25) is 0 Å². The summed E-state index contributed by atoms with van der Waals surface area (Å²) in [4.78, 5) is 24.0. The van der Waals surface area contributed by atoms with Crippen molar-refractivity contribution in [3.63, 3.8) is 0 Å². The summed E-state index contributed by atoms with van der Waals surface area (Å²) in [5.41, 5.74) is 6.32. The van der Waals surface area contributed by atoms with E-state index in [1.54, 1.807) is 24.3 Å². The predicted octanol–water partition coefficient (Wildman–Crippen LogP) is 3.44. The number of ether oxygens (including phenoxy) is 2. The molecule has 0 aliphatic heterocycles. The molecule has 0 fully saturated rings. The summed E-state index contributed by atoms with van der Waals surface area (Å²) in [6.07, 6.45) is 1.07. The maximum Gasteiger partial charge on any atom is 0.276 e. The summed E-state index contributed by atoms with van der Waals surface area (Å²) in [7, 11) is 0. The molecule has 2 aromatic rings. The molecule has 0 spiro atoms. The van der Waals surface area contributed by atoms with Crippen molar-refractivity contribution < 1.29 is 19.1 Å². The molecular formula is C21H26N2O4. The highest BCUT2D eigenvalue weighted by atomic mass is 16.5. The third-order valence-corrected chi connectivity index (χ3v) is 4.15. The maximum atomic E-state index is 12.1. The lowest BCUT2D eigenvalue weighted by molar-refractivity contribution is -0.123. The van der Waals surface area contributed by atoms with Gasteiger partial charge in [-0.3, -0.25) is 20.4 Å². The van der Waals surface area contributed by atoms with E-state index < -0.39 is 11.8 Å². The van der Waals surface area contributed by atoms with Crippen LogP contribution in [0.1, 0.15) is 49.0 Å². The first-order chi connectivity index (χ1) is 13.0. The lowest BCUT2D eigenvalue weighted by Crippen LogP contribution is -2.43. The largest absolute Gasteiger partial charge is 0.494 e. The normalized spacial score (nSPS) is 11.4. The van der Waals surface area contributed by atoms with E-state index in [1.165, 1.54) is 5.56 Å². The second kappa shape index (κ2) is 10.2. The van der Waals surface area contributed by atoms with Crippen molar-refractivity contribution in [2.45, 2.75) is 33.1 Å². The zero-order valence-corrected chi connectivity index (χ0v) is 16.0. The van der Waals surface area contributed by atoms with E-state index in [2.05, 4.69) is 24.7 Å². The fraction of sp³-hybridized carbons (Fsp3) is 0.333. The van der Waals surface area contributed by atoms with E-state index >= 15 is 0 Å². The number of carbonyl (C=O) groups is 2. The van der Waals surface area contributed by atoms with E-state index in [4.69, 9.17) is 9.47 Å². The van der Waals surface area contributed by atoms with Gasteiger partial charge < -0.3 is 9.47 Å². The van der Waals surface area contributed by atoms with Gasteiger partial charge in [0.25, 0.3) is 11.8 Å². The first-order valence-electron chi connectivity index (χ1n) is 9.08. The van der Waals surface area contributed by atoms with E-state index in [-0.39, 0.29) is 6.61 Å². The quantitative estimate of drug-likeness (QED) is 0.698. The minimum atomic E-state index is -0.449. The Morgan fingerprint density at radius 2 is 1.70 bits per heavy atom. The molecule has 2 rings (SSSR count). The lowest BCUT2D eigenvalue weighted by Gasteiger charge is -2.11. The Kier molecular flexibility index (Phi) is 7.67. The molecule has 2 aromatic carbocycles. The van der Waals surface area contributed by atoms with Crippen LogP contribution in [0, 0.1) is 0 Å². The number of hydrazine groups is 1. The van der Waals surface area contributed by atoms with Crippen molar-refractivity contribution in [1.82, 2.24) is 10.9 Å². The summed E-state index contributed by atoms with van der Waals surface area (Å²) >= 11 is 0. The number of rotatable bonds is 8. The Morgan fingerprint density at radius 3 is 2.37 bits per heavy atom. The van der Waals surface area contributed by atoms with Gasteiger partial charge in [0.2, 0.25) is 0 Å². The van der Waals surface area contributed by atoms with Gasteiger partial charge in [-0.2, -0.15) is 0 Å². The van der Waals surface area contributed by atoms with Crippen LogP contribution in [0.4, 0.5) is 0 Å². The van der Waals surface area contributed by atoms with Crippen LogP contribution in [0.5, 0.6) is 11.5 Å². The molecule has 0 saturated heterocycles. The lowest BCUT2D eigenvalue weighted by atomic mass is 9.99. The molecule has 6 heteroatoms. The van der Waals surface area contributed by atoms with E-state index in [9.17, 15) is 9.59 Å². The van der Waals surface area contributed by atoms with Crippen molar-refractivity contribution in [3.05, 3.63) is 59.7 Å². The van der Waals surface area contributed by atoms with Gasteiger partial charge in [-0.05, 0) is 55.2 Å². The van der Waals surface area contributed by atoms with E-state index in [0.717, 1.165) is 6.42 Å². The standard InChI is InChI=1S/C21H26N2O4/c1-4-15(3)16-9-11-18(12-10-16)27-14-20(24)22-23-21(25)17-7-6-8-19(13-17)26-5-2/h6-13,15H,4-5,14H2,1-3H3,(H,22,24)(H,23,25).